The van der Waals surface area contributed by atoms with Crippen LogP contribution in [0, 0.1) is 0 Å². The topological polar surface area (TPSA) is 54.5 Å². The van der Waals surface area contributed by atoms with Gasteiger partial charge in [-0.2, -0.15) is 0 Å². The number of methoxy groups -OCH3 is 1. The van der Waals surface area contributed by atoms with Crippen molar-refractivity contribution in [1.82, 2.24) is 9.88 Å². The Balaban J connectivity index is 1.66. The second-order valence-electron chi connectivity index (χ2n) is 6.44. The molecular weight excluding hydrogens is 370 g/mol. The Labute approximate surface area is 163 Å². The molecule has 26 heavy (non-hydrogen) atoms. The van der Waals surface area contributed by atoms with Gasteiger partial charge in [-0.05, 0) is 37.1 Å². The third-order valence-electron chi connectivity index (χ3n) is 4.60. The number of carbonyl (C=O) groups excluding carboxylic acids is 1. The number of aromatic nitrogens is 1. The first-order valence-corrected chi connectivity index (χ1v) is 10.1. The summed E-state index contributed by atoms with van der Waals surface area (Å²) in [6, 6.07) is 8.47. The van der Waals surface area contributed by atoms with Crippen molar-refractivity contribution in [2.24, 2.45) is 0 Å². The van der Waals surface area contributed by atoms with Crippen molar-refractivity contribution in [1.29, 1.82) is 0 Å². The second-order valence-corrected chi connectivity index (χ2v) is 7.80. The standard InChI is InChI=1S/C19H24ClN3O2S/c1-25-18(24)16-17(20)22-19(26-16)21-12-14-8-4-5-9-15(14)13-23-10-6-2-3-7-11-23/h4-5,8-9H,2-3,6-7,10-13H2,1H3,(H,21,22). The zero-order valence-electron chi connectivity index (χ0n) is 15.0. The highest BCUT2D eigenvalue weighted by molar-refractivity contribution is 7.18. The van der Waals surface area contributed by atoms with Crippen molar-refractivity contribution in [2.45, 2.75) is 38.8 Å². The zero-order valence-corrected chi connectivity index (χ0v) is 16.5. The van der Waals surface area contributed by atoms with Gasteiger partial charge >= 0.3 is 5.97 Å². The number of halogens is 1. The highest BCUT2D eigenvalue weighted by Crippen LogP contribution is 2.28. The van der Waals surface area contributed by atoms with Crippen molar-refractivity contribution in [2.75, 3.05) is 25.5 Å². The lowest BCUT2D eigenvalue weighted by Gasteiger charge is -2.21. The number of ether oxygens (including phenoxy) is 1. The number of carbonyl (C=O) groups is 1. The van der Waals surface area contributed by atoms with E-state index in [4.69, 9.17) is 16.3 Å². The first-order chi connectivity index (χ1) is 12.7. The SMILES string of the molecule is COC(=O)c1sc(NCc2ccccc2CN2CCCCCC2)nc1Cl. The number of nitrogens with zero attached hydrogens (tertiary/aromatic N) is 2. The van der Waals surface area contributed by atoms with E-state index in [-0.39, 0.29) is 5.15 Å². The molecule has 0 radical (unpaired) electrons. The summed E-state index contributed by atoms with van der Waals surface area (Å²) < 4.78 is 4.72. The fraction of sp³-hybridized carbons (Fsp3) is 0.474. The van der Waals surface area contributed by atoms with E-state index in [1.807, 2.05) is 0 Å². The summed E-state index contributed by atoms with van der Waals surface area (Å²) >= 11 is 7.24. The smallest absolute Gasteiger partial charge is 0.351 e. The number of hydrogen-bond donors (Lipinski definition) is 1. The number of nitrogens with one attached hydrogen (secondary N) is 1. The van der Waals surface area contributed by atoms with Crippen LogP contribution in [0.15, 0.2) is 24.3 Å². The summed E-state index contributed by atoms with van der Waals surface area (Å²) in [7, 11) is 1.34. The fourth-order valence-corrected chi connectivity index (χ4v) is 4.28. The molecule has 0 aliphatic carbocycles. The van der Waals surface area contributed by atoms with Gasteiger partial charge in [-0.25, -0.2) is 9.78 Å². The minimum absolute atomic E-state index is 0.183. The van der Waals surface area contributed by atoms with Gasteiger partial charge in [0.1, 0.15) is 0 Å². The second kappa shape index (κ2) is 9.35. The zero-order chi connectivity index (χ0) is 18.4. The van der Waals surface area contributed by atoms with Crippen LogP contribution in [0.5, 0.6) is 0 Å². The van der Waals surface area contributed by atoms with E-state index in [1.165, 1.54) is 68.3 Å². The molecule has 1 aliphatic heterocycles. The van der Waals surface area contributed by atoms with E-state index in [0.29, 0.717) is 16.6 Å². The number of benzene rings is 1. The van der Waals surface area contributed by atoms with E-state index in [2.05, 4.69) is 39.5 Å². The van der Waals surface area contributed by atoms with Crippen LogP contribution >= 0.6 is 22.9 Å². The minimum Gasteiger partial charge on any atom is -0.465 e. The third kappa shape index (κ3) is 4.96. The van der Waals surface area contributed by atoms with Crippen molar-refractivity contribution in [3.05, 3.63) is 45.4 Å². The highest BCUT2D eigenvalue weighted by atomic mass is 35.5. The molecule has 0 saturated carbocycles. The molecular formula is C19H24ClN3O2S. The first kappa shape index (κ1) is 19.1. The average molecular weight is 394 g/mol. The van der Waals surface area contributed by atoms with Gasteiger partial charge in [0.15, 0.2) is 15.2 Å². The molecule has 1 aromatic heterocycles. The van der Waals surface area contributed by atoms with Gasteiger partial charge in [0, 0.05) is 13.1 Å². The van der Waals surface area contributed by atoms with Crippen LogP contribution in [0.1, 0.15) is 46.5 Å². The quantitative estimate of drug-likeness (QED) is 0.728. The fourth-order valence-electron chi connectivity index (χ4n) is 3.19. The largest absolute Gasteiger partial charge is 0.465 e. The highest BCUT2D eigenvalue weighted by Gasteiger charge is 2.17. The number of rotatable bonds is 6. The molecule has 7 heteroatoms. The monoisotopic (exact) mass is 393 g/mol. The maximum atomic E-state index is 11.7. The number of hydrogen-bond acceptors (Lipinski definition) is 6. The van der Waals surface area contributed by atoms with Gasteiger partial charge in [0.25, 0.3) is 0 Å². The summed E-state index contributed by atoms with van der Waals surface area (Å²) in [6.07, 6.45) is 5.25. The van der Waals surface area contributed by atoms with E-state index in [1.54, 1.807) is 0 Å². The lowest BCUT2D eigenvalue weighted by atomic mass is 10.1. The first-order valence-electron chi connectivity index (χ1n) is 8.95. The molecule has 0 amide bonds. The van der Waals surface area contributed by atoms with Gasteiger partial charge in [-0.3, -0.25) is 4.90 Å². The molecule has 1 aliphatic rings. The van der Waals surface area contributed by atoms with Gasteiger partial charge in [0.2, 0.25) is 0 Å². The summed E-state index contributed by atoms with van der Waals surface area (Å²) in [4.78, 5) is 18.7. The minimum atomic E-state index is -0.456. The number of likely N-dealkylation sites (tertiary alicyclic amines) is 1. The number of thiazole rings is 1. The van der Waals surface area contributed by atoms with Gasteiger partial charge < -0.3 is 10.1 Å². The molecule has 140 valence electrons. The van der Waals surface area contributed by atoms with Crippen LogP contribution in [0.2, 0.25) is 5.15 Å². The predicted octanol–water partition coefficient (Wildman–Crippen LogP) is 4.57. The average Bonchev–Trinajstić information content (AvgIpc) is 2.85. The molecule has 0 unspecified atom stereocenters. The van der Waals surface area contributed by atoms with Crippen LogP contribution in [-0.4, -0.2) is 36.1 Å². The van der Waals surface area contributed by atoms with E-state index >= 15 is 0 Å². The molecule has 3 rings (SSSR count). The predicted molar refractivity (Wildman–Crippen MR) is 106 cm³/mol. The third-order valence-corrected chi connectivity index (χ3v) is 5.98. The summed E-state index contributed by atoms with van der Waals surface area (Å²) in [5.41, 5.74) is 2.57. The Morgan fingerprint density at radius 1 is 1.23 bits per heavy atom. The van der Waals surface area contributed by atoms with Crippen molar-refractivity contribution < 1.29 is 9.53 Å². The van der Waals surface area contributed by atoms with Crippen molar-refractivity contribution in [3.63, 3.8) is 0 Å². The number of anilines is 1. The Kier molecular flexibility index (Phi) is 6.88. The Morgan fingerprint density at radius 3 is 2.62 bits per heavy atom. The van der Waals surface area contributed by atoms with Crippen LogP contribution < -0.4 is 5.32 Å². The number of esters is 1. The Morgan fingerprint density at radius 2 is 1.92 bits per heavy atom. The molecule has 1 saturated heterocycles. The summed E-state index contributed by atoms with van der Waals surface area (Å²) in [5.74, 6) is -0.456. The van der Waals surface area contributed by atoms with Crippen LogP contribution in [0.25, 0.3) is 0 Å². The Bertz CT molecular complexity index is 742. The molecule has 5 nitrogen and oxygen atoms in total. The molecule has 0 spiro atoms. The van der Waals surface area contributed by atoms with Crippen LogP contribution in [-0.2, 0) is 17.8 Å². The molecule has 1 aromatic carbocycles. The summed E-state index contributed by atoms with van der Waals surface area (Å²) in [6.45, 7) is 3.97. The van der Waals surface area contributed by atoms with Crippen molar-refractivity contribution >= 4 is 34.0 Å². The molecule has 0 atom stereocenters. The van der Waals surface area contributed by atoms with E-state index in [9.17, 15) is 4.79 Å². The van der Waals surface area contributed by atoms with Crippen LogP contribution in [0.3, 0.4) is 0 Å². The molecule has 1 fully saturated rings. The van der Waals surface area contributed by atoms with Gasteiger partial charge in [-0.1, -0.05) is 60.0 Å². The Hall–Kier alpha value is -1.63. The lowest BCUT2D eigenvalue weighted by Crippen LogP contribution is -2.24. The summed E-state index contributed by atoms with van der Waals surface area (Å²) in [5, 5.41) is 4.10. The van der Waals surface area contributed by atoms with Crippen LogP contribution in [0.4, 0.5) is 5.13 Å². The van der Waals surface area contributed by atoms with Crippen molar-refractivity contribution in [3.8, 4) is 0 Å². The molecule has 2 aromatic rings. The lowest BCUT2D eigenvalue weighted by molar-refractivity contribution is 0.0606. The van der Waals surface area contributed by atoms with Gasteiger partial charge in [0.05, 0.1) is 7.11 Å². The maximum Gasteiger partial charge on any atom is 0.351 e. The molecule has 0 bridgehead atoms. The molecule has 2 heterocycles. The van der Waals surface area contributed by atoms with Gasteiger partial charge in [-0.15, -0.1) is 0 Å². The maximum absolute atomic E-state index is 11.7. The van der Waals surface area contributed by atoms with E-state index in [0.717, 1.165) is 6.54 Å². The van der Waals surface area contributed by atoms with E-state index < -0.39 is 5.97 Å². The molecule has 1 N–H and O–H groups in total. The normalized spacial score (nSPS) is 15.5.